The Labute approximate surface area is 173 Å². The van der Waals surface area contributed by atoms with Crippen molar-refractivity contribution < 1.29 is 18.1 Å². The van der Waals surface area contributed by atoms with Crippen LogP contribution in [-0.4, -0.2) is 13.2 Å². The third kappa shape index (κ3) is 13.5. The van der Waals surface area contributed by atoms with Gasteiger partial charge in [-0.2, -0.15) is 0 Å². The molecule has 0 bridgehead atoms. The fraction of sp³-hybridized carbons (Fsp3) is 0.739. The molecule has 1 aromatic rings. The largest absolute Gasteiger partial charge is 0.475 e. The maximum Gasteiger partial charge on any atom is 0.475 e. The van der Waals surface area contributed by atoms with Crippen LogP contribution in [0.5, 0.6) is 0 Å². The number of unbranched alkanes of at least 4 members (excludes halogenated alkanes) is 4. The van der Waals surface area contributed by atoms with E-state index < -0.39 is 7.82 Å². The minimum Gasteiger partial charge on any atom is -0.287 e. The van der Waals surface area contributed by atoms with Crippen molar-refractivity contribution in [2.45, 2.75) is 85.7 Å². The zero-order valence-electron chi connectivity index (χ0n) is 18.4. The van der Waals surface area contributed by atoms with E-state index in [1.807, 2.05) is 30.3 Å². The average Bonchev–Trinajstić information content (AvgIpc) is 2.66. The molecule has 0 aliphatic carbocycles. The molecule has 0 N–H and O–H groups in total. The van der Waals surface area contributed by atoms with Gasteiger partial charge in [-0.05, 0) is 30.2 Å². The normalized spacial score (nSPS) is 12.2. The van der Waals surface area contributed by atoms with Crippen LogP contribution in [0.1, 0.15) is 84.6 Å². The Morgan fingerprint density at radius 3 is 1.68 bits per heavy atom. The first-order chi connectivity index (χ1) is 13.4. The van der Waals surface area contributed by atoms with Gasteiger partial charge in [-0.3, -0.25) is 13.6 Å². The van der Waals surface area contributed by atoms with E-state index in [0.29, 0.717) is 13.2 Å². The predicted molar refractivity (Wildman–Crippen MR) is 117 cm³/mol. The summed E-state index contributed by atoms with van der Waals surface area (Å²) in [7, 11) is -3.52. The van der Waals surface area contributed by atoms with Crippen LogP contribution < -0.4 is 0 Å². The van der Waals surface area contributed by atoms with E-state index >= 15 is 0 Å². The van der Waals surface area contributed by atoms with Gasteiger partial charge in [0.05, 0.1) is 19.8 Å². The number of phosphoric ester groups is 1. The highest BCUT2D eigenvalue weighted by molar-refractivity contribution is 7.48. The Morgan fingerprint density at radius 2 is 1.21 bits per heavy atom. The highest BCUT2D eigenvalue weighted by Gasteiger charge is 2.26. The molecule has 0 heterocycles. The molecule has 5 heteroatoms. The Hall–Kier alpha value is -0.670. The van der Waals surface area contributed by atoms with E-state index in [-0.39, 0.29) is 6.61 Å². The fourth-order valence-corrected chi connectivity index (χ4v) is 4.09. The number of benzene rings is 1. The summed E-state index contributed by atoms with van der Waals surface area (Å²) in [6.07, 6.45) is 8.69. The lowest BCUT2D eigenvalue weighted by Crippen LogP contribution is -2.04. The van der Waals surface area contributed by atoms with Crippen molar-refractivity contribution in [3.63, 3.8) is 0 Å². The summed E-state index contributed by atoms with van der Waals surface area (Å²) in [5.41, 5.74) is 0.962. The fourth-order valence-electron chi connectivity index (χ4n) is 2.86. The zero-order valence-corrected chi connectivity index (χ0v) is 19.3. The molecular weight excluding hydrogens is 371 g/mol. The van der Waals surface area contributed by atoms with Crippen molar-refractivity contribution in [3.05, 3.63) is 35.9 Å². The van der Waals surface area contributed by atoms with Crippen LogP contribution in [0.4, 0.5) is 0 Å². The van der Waals surface area contributed by atoms with Crippen molar-refractivity contribution in [1.82, 2.24) is 0 Å². The van der Waals surface area contributed by atoms with Crippen LogP contribution in [0.15, 0.2) is 30.3 Å². The van der Waals surface area contributed by atoms with Crippen LogP contribution in [0.2, 0.25) is 0 Å². The topological polar surface area (TPSA) is 44.8 Å². The van der Waals surface area contributed by atoms with Crippen molar-refractivity contribution in [2.24, 2.45) is 11.8 Å². The van der Waals surface area contributed by atoms with Crippen LogP contribution in [-0.2, 0) is 24.7 Å². The van der Waals surface area contributed by atoms with Gasteiger partial charge >= 0.3 is 7.82 Å². The molecule has 0 aliphatic heterocycles. The van der Waals surface area contributed by atoms with Gasteiger partial charge in [0, 0.05) is 0 Å². The molecule has 0 amide bonds. The maximum absolute atomic E-state index is 13.0. The van der Waals surface area contributed by atoms with E-state index in [1.54, 1.807) is 0 Å². The summed E-state index contributed by atoms with van der Waals surface area (Å²) in [5.74, 6) is 1.44. The molecule has 1 aromatic carbocycles. The molecule has 0 fully saturated rings. The van der Waals surface area contributed by atoms with Gasteiger partial charge in [0.2, 0.25) is 0 Å². The van der Waals surface area contributed by atoms with Crippen molar-refractivity contribution in [1.29, 1.82) is 0 Å². The predicted octanol–water partition coefficient (Wildman–Crippen LogP) is 7.78. The minimum atomic E-state index is -3.52. The quantitative estimate of drug-likeness (QED) is 0.194. The monoisotopic (exact) mass is 412 g/mol. The Kier molecular flexibility index (Phi) is 13.8. The van der Waals surface area contributed by atoms with Crippen molar-refractivity contribution in [3.8, 4) is 0 Å². The number of hydrogen-bond acceptors (Lipinski definition) is 4. The second-order valence-electron chi connectivity index (χ2n) is 8.36. The molecule has 0 aliphatic rings. The van der Waals surface area contributed by atoms with E-state index in [1.165, 1.54) is 25.7 Å². The van der Waals surface area contributed by atoms with Crippen molar-refractivity contribution in [2.75, 3.05) is 13.2 Å². The van der Waals surface area contributed by atoms with Gasteiger partial charge < -0.3 is 0 Å². The summed E-state index contributed by atoms with van der Waals surface area (Å²) >= 11 is 0. The molecule has 0 spiro atoms. The van der Waals surface area contributed by atoms with Gasteiger partial charge in [-0.25, -0.2) is 4.57 Å². The maximum atomic E-state index is 13.0. The minimum absolute atomic E-state index is 0.235. The summed E-state index contributed by atoms with van der Waals surface area (Å²) < 4.78 is 29.8. The standard InChI is InChI=1S/C23H41O4P/c1-21(2)14-8-6-12-18-25-28(24,26-19-13-7-9-15-22(3)4)27-20-23-16-10-5-11-17-23/h5,10-11,16-17,21-22H,6-9,12-15,18-20H2,1-4H3. The van der Waals surface area contributed by atoms with Gasteiger partial charge in [0.15, 0.2) is 0 Å². The summed E-state index contributed by atoms with van der Waals surface area (Å²) in [6.45, 7) is 10.00. The summed E-state index contributed by atoms with van der Waals surface area (Å²) in [6, 6.07) is 9.72. The molecule has 0 aromatic heterocycles. The van der Waals surface area contributed by atoms with Crippen molar-refractivity contribution >= 4 is 7.82 Å². The van der Waals surface area contributed by atoms with Crippen LogP contribution in [0, 0.1) is 11.8 Å². The number of rotatable bonds is 17. The molecule has 0 saturated heterocycles. The van der Waals surface area contributed by atoms with Gasteiger partial charge in [0.25, 0.3) is 0 Å². The first kappa shape index (κ1) is 25.4. The van der Waals surface area contributed by atoms with Gasteiger partial charge in [-0.15, -0.1) is 0 Å². The van der Waals surface area contributed by atoms with Gasteiger partial charge in [0.1, 0.15) is 0 Å². The summed E-state index contributed by atoms with van der Waals surface area (Å²) in [4.78, 5) is 0. The highest BCUT2D eigenvalue weighted by Crippen LogP contribution is 2.50. The molecule has 28 heavy (non-hydrogen) atoms. The highest BCUT2D eigenvalue weighted by atomic mass is 31.2. The lowest BCUT2D eigenvalue weighted by Gasteiger charge is -2.18. The third-order valence-corrected chi connectivity index (χ3v) is 6.03. The number of hydrogen-bond donors (Lipinski definition) is 0. The van der Waals surface area contributed by atoms with E-state index in [9.17, 15) is 4.57 Å². The molecule has 0 unspecified atom stereocenters. The van der Waals surface area contributed by atoms with Crippen LogP contribution in [0.3, 0.4) is 0 Å². The number of phosphoric acid groups is 1. The Balaban J connectivity index is 2.38. The second kappa shape index (κ2) is 15.2. The molecule has 0 radical (unpaired) electrons. The lowest BCUT2D eigenvalue weighted by atomic mass is 10.1. The van der Waals surface area contributed by atoms with Crippen LogP contribution in [0.25, 0.3) is 0 Å². The zero-order chi connectivity index (χ0) is 20.7. The third-order valence-electron chi connectivity index (χ3n) is 4.58. The Bertz CT molecular complexity index is 507. The van der Waals surface area contributed by atoms with E-state index in [4.69, 9.17) is 13.6 Å². The molecule has 0 atom stereocenters. The molecule has 162 valence electrons. The molecular formula is C23H41O4P. The molecule has 4 nitrogen and oxygen atoms in total. The SMILES string of the molecule is CC(C)CCCCCOP(=O)(OCCCCCC(C)C)OCc1ccccc1. The lowest BCUT2D eigenvalue weighted by molar-refractivity contribution is 0.105. The van der Waals surface area contributed by atoms with E-state index in [2.05, 4.69) is 27.7 Å². The molecule has 1 rings (SSSR count). The molecule has 0 saturated carbocycles. The van der Waals surface area contributed by atoms with Crippen LogP contribution >= 0.6 is 7.82 Å². The smallest absolute Gasteiger partial charge is 0.287 e. The average molecular weight is 413 g/mol. The summed E-state index contributed by atoms with van der Waals surface area (Å²) in [5, 5.41) is 0. The van der Waals surface area contributed by atoms with E-state index in [0.717, 1.165) is 43.1 Å². The second-order valence-corrected chi connectivity index (χ2v) is 10.0. The van der Waals surface area contributed by atoms with Gasteiger partial charge in [-0.1, -0.05) is 96.6 Å². The first-order valence-electron chi connectivity index (χ1n) is 11.0. The first-order valence-corrected chi connectivity index (χ1v) is 12.4. The Morgan fingerprint density at radius 1 is 0.714 bits per heavy atom.